The van der Waals surface area contributed by atoms with Crippen molar-refractivity contribution in [1.82, 2.24) is 0 Å². The maximum Gasteiger partial charge on any atom is 0.341 e. The summed E-state index contributed by atoms with van der Waals surface area (Å²) in [5.74, 6) is -0.335. The van der Waals surface area contributed by atoms with Crippen molar-refractivity contribution >= 4 is 22.3 Å². The van der Waals surface area contributed by atoms with Crippen molar-refractivity contribution in [1.29, 1.82) is 0 Å². The molecule has 0 bridgehead atoms. The van der Waals surface area contributed by atoms with Crippen LogP contribution in [0.3, 0.4) is 0 Å². The number of ether oxygens (including phenoxy) is 2. The van der Waals surface area contributed by atoms with Crippen LogP contribution in [-0.2, 0) is 22.5 Å². The van der Waals surface area contributed by atoms with Crippen LogP contribution in [0.15, 0.2) is 0 Å². The van der Waals surface area contributed by atoms with Crippen molar-refractivity contribution < 1.29 is 14.3 Å². The molecule has 0 aromatic carbocycles. The summed E-state index contributed by atoms with van der Waals surface area (Å²) in [5, 5.41) is 0.545. The molecule has 0 saturated heterocycles. The summed E-state index contributed by atoms with van der Waals surface area (Å²) in [6, 6.07) is 0. The van der Waals surface area contributed by atoms with E-state index in [1.54, 1.807) is 6.92 Å². The molecule has 0 amide bonds. The van der Waals surface area contributed by atoms with E-state index in [-0.39, 0.29) is 5.97 Å². The fourth-order valence-electron chi connectivity index (χ4n) is 1.65. The summed E-state index contributed by atoms with van der Waals surface area (Å²) in [5.41, 5.74) is 7.24. The molecule has 1 aromatic rings. The molecule has 0 atom stereocenters. The van der Waals surface area contributed by atoms with Gasteiger partial charge in [0.05, 0.1) is 25.4 Å². The zero-order chi connectivity index (χ0) is 10.8. The Bertz CT molecular complexity index is 386. The normalized spacial score (nSPS) is 14.7. The highest BCUT2D eigenvalue weighted by atomic mass is 32.1. The van der Waals surface area contributed by atoms with E-state index in [9.17, 15) is 4.79 Å². The van der Waals surface area contributed by atoms with Gasteiger partial charge >= 0.3 is 5.97 Å². The molecular formula is C10H13NO3S. The van der Waals surface area contributed by atoms with Gasteiger partial charge in [-0.05, 0) is 6.92 Å². The lowest BCUT2D eigenvalue weighted by Crippen LogP contribution is -2.13. The van der Waals surface area contributed by atoms with Crippen LogP contribution in [0.4, 0.5) is 5.00 Å². The maximum atomic E-state index is 11.6. The fraction of sp³-hybridized carbons (Fsp3) is 0.500. The van der Waals surface area contributed by atoms with Crippen molar-refractivity contribution in [3.05, 3.63) is 16.0 Å². The predicted molar refractivity (Wildman–Crippen MR) is 58.0 cm³/mol. The number of nitrogen functional groups attached to an aromatic ring is 1. The molecule has 1 aromatic heterocycles. The minimum atomic E-state index is -0.335. The number of hydrogen-bond donors (Lipinski definition) is 1. The van der Waals surface area contributed by atoms with E-state index in [4.69, 9.17) is 15.2 Å². The van der Waals surface area contributed by atoms with E-state index in [1.165, 1.54) is 11.3 Å². The van der Waals surface area contributed by atoms with E-state index in [1.807, 2.05) is 0 Å². The number of fused-ring (bicyclic) bond motifs is 1. The van der Waals surface area contributed by atoms with Crippen LogP contribution in [0.5, 0.6) is 0 Å². The molecule has 1 aliphatic rings. The average molecular weight is 227 g/mol. The second kappa shape index (κ2) is 4.20. The molecule has 0 saturated carbocycles. The number of carbonyl (C=O) groups is 1. The lowest BCUT2D eigenvalue weighted by atomic mass is 10.1. The third-order valence-electron chi connectivity index (χ3n) is 2.32. The highest BCUT2D eigenvalue weighted by molar-refractivity contribution is 7.16. The van der Waals surface area contributed by atoms with E-state index >= 15 is 0 Å². The minimum absolute atomic E-state index is 0.335. The van der Waals surface area contributed by atoms with Crippen LogP contribution in [0.25, 0.3) is 0 Å². The topological polar surface area (TPSA) is 61.5 Å². The number of hydrogen-bond acceptors (Lipinski definition) is 5. The Morgan fingerprint density at radius 3 is 3.20 bits per heavy atom. The number of rotatable bonds is 2. The zero-order valence-corrected chi connectivity index (χ0v) is 9.36. The first-order chi connectivity index (χ1) is 7.24. The molecule has 0 radical (unpaired) electrons. The minimum Gasteiger partial charge on any atom is -0.462 e. The lowest BCUT2D eigenvalue weighted by Gasteiger charge is -2.12. The van der Waals surface area contributed by atoms with Crippen LogP contribution in [0.1, 0.15) is 27.7 Å². The molecule has 4 nitrogen and oxygen atoms in total. The van der Waals surface area contributed by atoms with Gasteiger partial charge in [-0.1, -0.05) is 0 Å². The molecule has 2 rings (SSSR count). The van der Waals surface area contributed by atoms with Crippen LogP contribution in [-0.4, -0.2) is 19.2 Å². The monoisotopic (exact) mass is 227 g/mol. The molecule has 15 heavy (non-hydrogen) atoms. The summed E-state index contributed by atoms with van der Waals surface area (Å²) in [6.45, 7) is 3.32. The first-order valence-corrected chi connectivity index (χ1v) is 5.70. The van der Waals surface area contributed by atoms with E-state index < -0.39 is 0 Å². The van der Waals surface area contributed by atoms with Crippen LogP contribution >= 0.6 is 11.3 Å². The van der Waals surface area contributed by atoms with Gasteiger partial charge in [0.1, 0.15) is 5.00 Å². The number of carbonyl (C=O) groups excluding carboxylic acids is 1. The van der Waals surface area contributed by atoms with Crippen LogP contribution < -0.4 is 5.73 Å². The molecule has 82 valence electrons. The summed E-state index contributed by atoms with van der Waals surface area (Å²) in [4.78, 5) is 12.8. The van der Waals surface area contributed by atoms with Crippen molar-refractivity contribution in [3.8, 4) is 0 Å². The van der Waals surface area contributed by atoms with Crippen LogP contribution in [0, 0.1) is 0 Å². The van der Waals surface area contributed by atoms with Crippen molar-refractivity contribution in [2.75, 3.05) is 18.9 Å². The van der Waals surface area contributed by atoms with Gasteiger partial charge in [0.25, 0.3) is 0 Å². The largest absolute Gasteiger partial charge is 0.462 e. The second-order valence-corrected chi connectivity index (χ2v) is 4.40. The third kappa shape index (κ3) is 1.85. The highest BCUT2D eigenvalue weighted by Crippen LogP contribution is 2.34. The molecule has 2 heterocycles. The van der Waals surface area contributed by atoms with Gasteiger partial charge in [0.15, 0.2) is 0 Å². The van der Waals surface area contributed by atoms with Gasteiger partial charge in [0, 0.05) is 16.9 Å². The summed E-state index contributed by atoms with van der Waals surface area (Å²) < 4.78 is 10.3. The molecule has 0 spiro atoms. The van der Waals surface area contributed by atoms with E-state index in [2.05, 4.69) is 0 Å². The summed E-state index contributed by atoms with van der Waals surface area (Å²) >= 11 is 1.47. The maximum absolute atomic E-state index is 11.6. The SMILES string of the molecule is CCOC(=O)c1c(N)sc2c1COCC2. The molecular weight excluding hydrogens is 214 g/mol. The van der Waals surface area contributed by atoms with Gasteiger partial charge < -0.3 is 15.2 Å². The quantitative estimate of drug-likeness (QED) is 0.779. The summed E-state index contributed by atoms with van der Waals surface area (Å²) in [7, 11) is 0. The Balaban J connectivity index is 2.37. The molecule has 5 heteroatoms. The zero-order valence-electron chi connectivity index (χ0n) is 8.54. The number of thiophene rings is 1. The summed E-state index contributed by atoms with van der Waals surface area (Å²) in [6.07, 6.45) is 0.837. The predicted octanol–water partition coefficient (Wildman–Crippen LogP) is 1.58. The highest BCUT2D eigenvalue weighted by Gasteiger charge is 2.25. The Morgan fingerprint density at radius 1 is 1.67 bits per heavy atom. The first kappa shape index (κ1) is 10.4. The number of esters is 1. The van der Waals surface area contributed by atoms with Crippen LogP contribution in [0.2, 0.25) is 0 Å². The number of anilines is 1. The Morgan fingerprint density at radius 2 is 2.47 bits per heavy atom. The van der Waals surface area contributed by atoms with Gasteiger partial charge in [-0.2, -0.15) is 0 Å². The Labute approximate surface area is 92.0 Å². The molecule has 1 aliphatic heterocycles. The standard InChI is InChI=1S/C10H13NO3S/c1-2-14-10(12)8-6-5-13-4-3-7(6)15-9(8)11/h2-5,11H2,1H3. The Kier molecular flexibility index (Phi) is 2.93. The van der Waals surface area contributed by atoms with Gasteiger partial charge in [-0.3, -0.25) is 0 Å². The fourth-order valence-corrected chi connectivity index (χ4v) is 2.70. The molecule has 0 unspecified atom stereocenters. The third-order valence-corrected chi connectivity index (χ3v) is 3.44. The van der Waals surface area contributed by atoms with Gasteiger partial charge in [0.2, 0.25) is 0 Å². The van der Waals surface area contributed by atoms with Crippen molar-refractivity contribution in [3.63, 3.8) is 0 Å². The van der Waals surface area contributed by atoms with Gasteiger partial charge in [-0.25, -0.2) is 4.79 Å². The van der Waals surface area contributed by atoms with Crippen molar-refractivity contribution in [2.45, 2.75) is 20.0 Å². The number of nitrogens with two attached hydrogens (primary N) is 1. The van der Waals surface area contributed by atoms with Crippen molar-refractivity contribution in [2.24, 2.45) is 0 Å². The van der Waals surface area contributed by atoms with Gasteiger partial charge in [-0.15, -0.1) is 11.3 Å². The average Bonchev–Trinajstić information content (AvgIpc) is 2.54. The Hall–Kier alpha value is -1.07. The van der Waals surface area contributed by atoms with E-state index in [0.717, 1.165) is 16.9 Å². The molecule has 0 fully saturated rings. The second-order valence-electron chi connectivity index (χ2n) is 3.27. The molecule has 2 N–H and O–H groups in total. The smallest absolute Gasteiger partial charge is 0.341 e. The lowest BCUT2D eigenvalue weighted by molar-refractivity contribution is 0.0517. The van der Waals surface area contributed by atoms with E-state index in [0.29, 0.717) is 30.4 Å². The first-order valence-electron chi connectivity index (χ1n) is 4.89. The molecule has 0 aliphatic carbocycles.